The summed E-state index contributed by atoms with van der Waals surface area (Å²) in [6.07, 6.45) is 2.79. The lowest BCUT2D eigenvalue weighted by Crippen LogP contribution is -2.55. The van der Waals surface area contributed by atoms with Crippen LogP contribution in [0.1, 0.15) is 30.4 Å². The first-order chi connectivity index (χ1) is 13.9. The summed E-state index contributed by atoms with van der Waals surface area (Å²) in [5.41, 5.74) is 2.60. The molecule has 29 heavy (non-hydrogen) atoms. The molecule has 0 saturated carbocycles. The standard InChI is InChI=1S/C23H24ClN3O2/c1-14-9-10-15(24)12-19(14)25-21(28)18-13-16-6-5-11-27(16)23(18)17-7-3-4-8-20(17)26(2)22(23)29/h3-4,7-10,12,16,18H,5-6,11,13H2,1-2H3,(H,25,28). The second kappa shape index (κ2) is 6.57. The van der Waals surface area contributed by atoms with Crippen molar-refractivity contribution in [2.75, 3.05) is 23.8 Å². The molecule has 0 bridgehead atoms. The van der Waals surface area contributed by atoms with Crippen LogP contribution >= 0.6 is 11.6 Å². The lowest BCUT2D eigenvalue weighted by atomic mass is 9.78. The number of halogens is 1. The van der Waals surface area contributed by atoms with Gasteiger partial charge in [0, 0.05) is 35.1 Å². The van der Waals surface area contributed by atoms with Crippen molar-refractivity contribution in [1.29, 1.82) is 0 Å². The molecule has 0 aromatic heterocycles. The zero-order valence-corrected chi connectivity index (χ0v) is 17.4. The zero-order chi connectivity index (χ0) is 20.3. The number of fused-ring (bicyclic) bond motifs is 4. The van der Waals surface area contributed by atoms with Crippen LogP contribution in [0.3, 0.4) is 0 Å². The number of likely N-dealkylation sites (N-methyl/N-ethyl adjacent to an activating group) is 1. The number of benzene rings is 2. The fraction of sp³-hybridized carbons (Fsp3) is 0.391. The van der Waals surface area contributed by atoms with Gasteiger partial charge in [-0.05, 0) is 56.5 Å². The number of nitrogens with one attached hydrogen (secondary N) is 1. The molecule has 1 N–H and O–H groups in total. The van der Waals surface area contributed by atoms with Crippen LogP contribution in [0.15, 0.2) is 42.5 Å². The second-order valence-corrected chi connectivity index (χ2v) is 8.81. The van der Waals surface area contributed by atoms with E-state index in [-0.39, 0.29) is 17.9 Å². The third kappa shape index (κ3) is 2.50. The van der Waals surface area contributed by atoms with Crippen LogP contribution in [0.25, 0.3) is 0 Å². The van der Waals surface area contributed by atoms with E-state index in [1.54, 1.807) is 11.0 Å². The van der Waals surface area contributed by atoms with Gasteiger partial charge in [-0.25, -0.2) is 0 Å². The third-order valence-corrected chi connectivity index (χ3v) is 7.16. The Bertz CT molecular complexity index is 1020. The summed E-state index contributed by atoms with van der Waals surface area (Å²) in [5.74, 6) is -0.543. The summed E-state index contributed by atoms with van der Waals surface area (Å²) in [6.45, 7) is 2.79. The van der Waals surface area contributed by atoms with Gasteiger partial charge >= 0.3 is 0 Å². The maximum atomic E-state index is 13.7. The first kappa shape index (κ1) is 18.6. The number of anilines is 2. The third-order valence-electron chi connectivity index (χ3n) is 6.92. The van der Waals surface area contributed by atoms with Crippen LogP contribution in [-0.2, 0) is 15.1 Å². The molecule has 1 spiro atoms. The van der Waals surface area contributed by atoms with Crippen LogP contribution in [0.5, 0.6) is 0 Å². The molecule has 150 valence electrons. The van der Waals surface area contributed by atoms with Crippen molar-refractivity contribution in [3.63, 3.8) is 0 Å². The predicted octanol–water partition coefficient (Wildman–Crippen LogP) is 3.94. The maximum Gasteiger partial charge on any atom is 0.252 e. The molecule has 5 rings (SSSR count). The molecule has 3 aliphatic heterocycles. The highest BCUT2D eigenvalue weighted by Gasteiger charge is 2.66. The van der Waals surface area contributed by atoms with E-state index in [4.69, 9.17) is 11.6 Å². The van der Waals surface area contributed by atoms with Crippen molar-refractivity contribution in [3.05, 3.63) is 58.6 Å². The van der Waals surface area contributed by atoms with Crippen LogP contribution in [0.2, 0.25) is 5.02 Å². The summed E-state index contributed by atoms with van der Waals surface area (Å²) < 4.78 is 0. The fourth-order valence-corrected chi connectivity index (χ4v) is 5.79. The molecular weight excluding hydrogens is 386 g/mol. The Labute approximate surface area is 175 Å². The van der Waals surface area contributed by atoms with Crippen molar-refractivity contribution in [2.24, 2.45) is 5.92 Å². The molecular formula is C23H24ClN3O2. The lowest BCUT2D eigenvalue weighted by Gasteiger charge is -2.37. The molecule has 3 heterocycles. The molecule has 2 fully saturated rings. The van der Waals surface area contributed by atoms with Crippen LogP contribution < -0.4 is 10.2 Å². The Kier molecular flexibility index (Phi) is 4.23. The summed E-state index contributed by atoms with van der Waals surface area (Å²) in [5, 5.41) is 3.66. The largest absolute Gasteiger partial charge is 0.325 e. The van der Waals surface area contributed by atoms with Gasteiger partial charge in [-0.2, -0.15) is 0 Å². The van der Waals surface area contributed by atoms with Crippen molar-refractivity contribution >= 4 is 34.8 Å². The first-order valence-corrected chi connectivity index (χ1v) is 10.5. The Morgan fingerprint density at radius 2 is 2.03 bits per heavy atom. The average molecular weight is 410 g/mol. The molecule has 2 amide bonds. The van der Waals surface area contributed by atoms with Gasteiger partial charge in [0.15, 0.2) is 0 Å². The minimum absolute atomic E-state index is 0.00562. The van der Waals surface area contributed by atoms with E-state index in [0.29, 0.717) is 17.1 Å². The number of carbonyl (C=O) groups excluding carboxylic acids is 2. The normalized spacial score (nSPS) is 28.1. The number of aryl methyl sites for hydroxylation is 1. The summed E-state index contributed by atoms with van der Waals surface area (Å²) in [7, 11) is 1.81. The summed E-state index contributed by atoms with van der Waals surface area (Å²) in [4.78, 5) is 31.3. The van der Waals surface area contributed by atoms with Gasteiger partial charge in [0.1, 0.15) is 5.54 Å². The topological polar surface area (TPSA) is 52.7 Å². The number of nitrogens with zero attached hydrogens (tertiary/aromatic N) is 2. The monoisotopic (exact) mass is 409 g/mol. The Morgan fingerprint density at radius 3 is 2.86 bits per heavy atom. The van der Waals surface area contributed by atoms with E-state index >= 15 is 0 Å². The highest BCUT2D eigenvalue weighted by atomic mass is 35.5. The van der Waals surface area contributed by atoms with Crippen molar-refractivity contribution in [1.82, 2.24) is 4.90 Å². The van der Waals surface area contributed by atoms with Gasteiger partial charge in [0.25, 0.3) is 5.91 Å². The van der Waals surface area contributed by atoms with E-state index in [1.807, 2.05) is 50.4 Å². The molecule has 2 saturated heterocycles. The fourth-order valence-electron chi connectivity index (χ4n) is 5.62. The van der Waals surface area contributed by atoms with Gasteiger partial charge in [-0.15, -0.1) is 0 Å². The van der Waals surface area contributed by atoms with E-state index in [9.17, 15) is 9.59 Å². The molecule has 3 atom stereocenters. The number of amides is 2. The first-order valence-electron chi connectivity index (χ1n) is 10.2. The van der Waals surface area contributed by atoms with E-state index in [0.717, 1.165) is 36.2 Å². The second-order valence-electron chi connectivity index (χ2n) is 8.37. The van der Waals surface area contributed by atoms with E-state index in [2.05, 4.69) is 10.2 Å². The number of hydrogen-bond acceptors (Lipinski definition) is 3. The Morgan fingerprint density at radius 1 is 1.24 bits per heavy atom. The average Bonchev–Trinajstić information content (AvgIpc) is 3.35. The zero-order valence-electron chi connectivity index (χ0n) is 16.6. The minimum Gasteiger partial charge on any atom is -0.325 e. The Balaban J connectivity index is 1.60. The molecule has 0 aliphatic carbocycles. The molecule has 2 aromatic rings. The lowest BCUT2D eigenvalue weighted by molar-refractivity contribution is -0.136. The highest BCUT2D eigenvalue weighted by molar-refractivity contribution is 6.31. The maximum absolute atomic E-state index is 13.7. The molecule has 3 unspecified atom stereocenters. The van der Waals surface area contributed by atoms with Gasteiger partial charge in [-0.1, -0.05) is 35.9 Å². The van der Waals surface area contributed by atoms with Crippen LogP contribution in [-0.4, -0.2) is 36.3 Å². The molecule has 2 aromatic carbocycles. The van der Waals surface area contributed by atoms with Crippen molar-refractivity contribution < 1.29 is 9.59 Å². The van der Waals surface area contributed by atoms with Gasteiger partial charge in [-0.3, -0.25) is 14.5 Å². The summed E-state index contributed by atoms with van der Waals surface area (Å²) >= 11 is 6.15. The van der Waals surface area contributed by atoms with Gasteiger partial charge in [0.05, 0.1) is 5.92 Å². The molecule has 0 radical (unpaired) electrons. The smallest absolute Gasteiger partial charge is 0.252 e. The molecule has 6 heteroatoms. The number of rotatable bonds is 2. The van der Waals surface area contributed by atoms with Crippen LogP contribution in [0, 0.1) is 12.8 Å². The van der Waals surface area contributed by atoms with Crippen molar-refractivity contribution in [2.45, 2.75) is 37.8 Å². The number of carbonyl (C=O) groups is 2. The van der Waals surface area contributed by atoms with Gasteiger partial charge in [0.2, 0.25) is 5.91 Å². The predicted molar refractivity (Wildman–Crippen MR) is 114 cm³/mol. The molecule has 3 aliphatic rings. The van der Waals surface area contributed by atoms with Crippen molar-refractivity contribution in [3.8, 4) is 0 Å². The highest BCUT2D eigenvalue weighted by Crippen LogP contribution is 2.56. The van der Waals surface area contributed by atoms with Gasteiger partial charge < -0.3 is 10.2 Å². The SMILES string of the molecule is Cc1ccc(Cl)cc1NC(=O)C1CC2CCCN2C12C(=O)N(C)c1ccccc12. The number of para-hydroxylation sites is 1. The summed E-state index contributed by atoms with van der Waals surface area (Å²) in [6, 6.07) is 13.6. The van der Waals surface area contributed by atoms with E-state index < -0.39 is 11.5 Å². The molecule has 5 nitrogen and oxygen atoms in total. The van der Waals surface area contributed by atoms with Crippen LogP contribution in [0.4, 0.5) is 11.4 Å². The quantitative estimate of drug-likeness (QED) is 0.817. The van der Waals surface area contributed by atoms with E-state index in [1.165, 1.54) is 0 Å². The Hall–Kier alpha value is -2.37. The minimum atomic E-state index is -0.914. The number of hydrogen-bond donors (Lipinski definition) is 1.